The van der Waals surface area contributed by atoms with Gasteiger partial charge in [0.2, 0.25) is 11.8 Å². The van der Waals surface area contributed by atoms with Crippen molar-refractivity contribution in [1.82, 2.24) is 9.88 Å². The van der Waals surface area contributed by atoms with E-state index in [4.69, 9.17) is 4.42 Å². The lowest BCUT2D eigenvalue weighted by atomic mass is 10.0. The normalized spacial score (nSPS) is 13.8. The molecule has 5 rings (SSSR count). The molecule has 3 heterocycles. The van der Waals surface area contributed by atoms with E-state index in [1.54, 1.807) is 25.1 Å². The number of hydrogen-bond donors (Lipinski definition) is 0. The molecule has 2 aromatic carbocycles. The first-order valence-corrected chi connectivity index (χ1v) is 10.3. The van der Waals surface area contributed by atoms with E-state index in [1.807, 2.05) is 0 Å². The lowest BCUT2D eigenvalue weighted by Gasteiger charge is -2.36. The molecule has 0 atom stereocenters. The van der Waals surface area contributed by atoms with Gasteiger partial charge in [0.1, 0.15) is 22.7 Å². The van der Waals surface area contributed by atoms with E-state index in [2.05, 4.69) is 11.6 Å². The van der Waals surface area contributed by atoms with Crippen LogP contribution in [0.2, 0.25) is 0 Å². The van der Waals surface area contributed by atoms with Gasteiger partial charge in [0, 0.05) is 32.6 Å². The SMILES string of the molecule is C=CC(=O)N(C)CCN1CC(=O)N(C)c2cnc3c(cc(F)c4c3oc3cccc(F)c34)c21. The van der Waals surface area contributed by atoms with Crippen LogP contribution in [0, 0.1) is 11.6 Å². The van der Waals surface area contributed by atoms with Crippen LogP contribution in [0.4, 0.5) is 20.2 Å². The zero-order valence-electron chi connectivity index (χ0n) is 18.1. The van der Waals surface area contributed by atoms with Gasteiger partial charge in [-0.25, -0.2) is 13.8 Å². The molecule has 0 radical (unpaired) electrons. The monoisotopic (exact) mass is 450 g/mol. The highest BCUT2D eigenvalue weighted by Crippen LogP contribution is 2.43. The van der Waals surface area contributed by atoms with E-state index in [0.29, 0.717) is 35.4 Å². The average Bonchev–Trinajstić information content (AvgIpc) is 3.21. The number of likely N-dealkylation sites (N-methyl/N-ethyl adjacent to an activating group) is 2. The van der Waals surface area contributed by atoms with Crippen molar-refractivity contribution in [2.24, 2.45) is 0 Å². The number of carbonyl (C=O) groups is 2. The molecular formula is C24H20F2N4O3. The van der Waals surface area contributed by atoms with Gasteiger partial charge in [0.25, 0.3) is 0 Å². The summed E-state index contributed by atoms with van der Waals surface area (Å²) in [6.45, 7) is 4.19. The fourth-order valence-electron chi connectivity index (χ4n) is 4.31. The Hall–Kier alpha value is -4.01. The van der Waals surface area contributed by atoms with Crippen molar-refractivity contribution in [2.75, 3.05) is 43.5 Å². The third-order valence-corrected chi connectivity index (χ3v) is 6.09. The number of anilines is 2. The predicted octanol–water partition coefficient (Wildman–Crippen LogP) is 3.84. The van der Waals surface area contributed by atoms with Gasteiger partial charge in [0.15, 0.2) is 5.58 Å². The Labute approximate surface area is 187 Å². The zero-order valence-corrected chi connectivity index (χ0v) is 18.1. The van der Waals surface area contributed by atoms with Gasteiger partial charge in [0.05, 0.1) is 34.9 Å². The Morgan fingerprint density at radius 1 is 1.30 bits per heavy atom. The number of furan rings is 1. The summed E-state index contributed by atoms with van der Waals surface area (Å²) in [4.78, 5) is 33.7. The minimum atomic E-state index is -0.644. The lowest BCUT2D eigenvalue weighted by molar-refractivity contribution is -0.124. The molecular weight excluding hydrogens is 430 g/mol. The van der Waals surface area contributed by atoms with Crippen molar-refractivity contribution >= 4 is 56.0 Å². The van der Waals surface area contributed by atoms with Gasteiger partial charge in [-0.3, -0.25) is 9.59 Å². The second-order valence-electron chi connectivity index (χ2n) is 8.00. The number of carbonyl (C=O) groups excluding carboxylic acids is 2. The minimum absolute atomic E-state index is 0.0335. The molecule has 33 heavy (non-hydrogen) atoms. The number of aromatic nitrogens is 1. The molecule has 4 aromatic rings. The number of fused-ring (bicyclic) bond motifs is 7. The standard InChI is InChI=1S/C24H20F2N4O3/c1-4-18(31)28(2)8-9-30-12-19(32)29(3)16-11-27-22-13(23(16)30)10-15(26)21-20-14(25)6-5-7-17(20)33-24(21)22/h4-7,10-11H,1,8-9,12H2,2-3H3. The Balaban J connectivity index is 1.73. The molecule has 0 N–H and O–H groups in total. The fraction of sp³-hybridized carbons (Fsp3) is 0.208. The highest BCUT2D eigenvalue weighted by Gasteiger charge is 2.31. The van der Waals surface area contributed by atoms with Crippen molar-refractivity contribution in [1.29, 1.82) is 0 Å². The number of benzene rings is 2. The number of nitrogens with zero attached hydrogens (tertiary/aromatic N) is 4. The molecule has 0 spiro atoms. The molecule has 0 saturated carbocycles. The van der Waals surface area contributed by atoms with Crippen LogP contribution in [0.3, 0.4) is 0 Å². The molecule has 0 aliphatic carbocycles. The number of hydrogen-bond acceptors (Lipinski definition) is 5. The molecule has 7 nitrogen and oxygen atoms in total. The first kappa shape index (κ1) is 20.9. The van der Waals surface area contributed by atoms with Gasteiger partial charge in [-0.1, -0.05) is 12.6 Å². The maximum Gasteiger partial charge on any atom is 0.246 e. The molecule has 0 fully saturated rings. The van der Waals surface area contributed by atoms with E-state index >= 15 is 4.39 Å². The van der Waals surface area contributed by atoms with Crippen molar-refractivity contribution < 1.29 is 22.8 Å². The number of halogens is 2. The Morgan fingerprint density at radius 2 is 2.09 bits per heavy atom. The average molecular weight is 450 g/mol. The Bertz CT molecular complexity index is 1480. The van der Waals surface area contributed by atoms with Crippen molar-refractivity contribution in [3.63, 3.8) is 0 Å². The molecule has 1 aliphatic rings. The van der Waals surface area contributed by atoms with Crippen molar-refractivity contribution in [3.05, 3.63) is 54.8 Å². The van der Waals surface area contributed by atoms with Crippen LogP contribution in [-0.4, -0.2) is 55.4 Å². The van der Waals surface area contributed by atoms with Crippen LogP contribution < -0.4 is 9.80 Å². The quantitative estimate of drug-likeness (QED) is 0.442. The Kier molecular flexibility index (Phi) is 4.77. The maximum atomic E-state index is 15.4. The molecule has 0 unspecified atom stereocenters. The van der Waals surface area contributed by atoms with Crippen LogP contribution in [0.15, 0.2) is 47.5 Å². The fourth-order valence-corrected chi connectivity index (χ4v) is 4.31. The molecule has 0 bridgehead atoms. The highest BCUT2D eigenvalue weighted by atomic mass is 19.1. The molecule has 1 aliphatic heterocycles. The number of pyridine rings is 1. The van der Waals surface area contributed by atoms with Gasteiger partial charge >= 0.3 is 0 Å². The summed E-state index contributed by atoms with van der Waals surface area (Å²) in [5.41, 5.74) is 1.85. The van der Waals surface area contributed by atoms with Gasteiger partial charge in [-0.05, 0) is 24.3 Å². The summed E-state index contributed by atoms with van der Waals surface area (Å²) in [7, 11) is 3.27. The van der Waals surface area contributed by atoms with Crippen LogP contribution >= 0.6 is 0 Å². The summed E-state index contributed by atoms with van der Waals surface area (Å²) in [5, 5.41) is 0.542. The third-order valence-electron chi connectivity index (χ3n) is 6.09. The largest absolute Gasteiger partial charge is 0.454 e. The predicted molar refractivity (Wildman–Crippen MR) is 122 cm³/mol. The van der Waals surface area contributed by atoms with E-state index in [-0.39, 0.29) is 40.3 Å². The zero-order chi connectivity index (χ0) is 23.4. The van der Waals surface area contributed by atoms with Crippen molar-refractivity contribution in [2.45, 2.75) is 0 Å². The molecule has 2 amide bonds. The first-order chi connectivity index (χ1) is 15.8. The second-order valence-corrected chi connectivity index (χ2v) is 8.00. The summed E-state index contributed by atoms with van der Waals surface area (Å²) < 4.78 is 35.7. The molecule has 9 heteroatoms. The van der Waals surface area contributed by atoms with Gasteiger partial charge < -0.3 is 19.1 Å². The van der Waals surface area contributed by atoms with Gasteiger partial charge in [-0.2, -0.15) is 0 Å². The Morgan fingerprint density at radius 3 is 2.85 bits per heavy atom. The lowest BCUT2D eigenvalue weighted by Crippen LogP contribution is -2.46. The first-order valence-electron chi connectivity index (χ1n) is 10.3. The topological polar surface area (TPSA) is 69.9 Å². The van der Waals surface area contributed by atoms with Crippen LogP contribution in [0.5, 0.6) is 0 Å². The minimum Gasteiger partial charge on any atom is -0.454 e. The van der Waals surface area contributed by atoms with E-state index in [9.17, 15) is 14.0 Å². The summed E-state index contributed by atoms with van der Waals surface area (Å²) >= 11 is 0. The highest BCUT2D eigenvalue weighted by molar-refractivity contribution is 6.19. The van der Waals surface area contributed by atoms with Crippen LogP contribution in [0.25, 0.3) is 32.8 Å². The smallest absolute Gasteiger partial charge is 0.246 e. The van der Waals surface area contributed by atoms with Crippen molar-refractivity contribution in [3.8, 4) is 0 Å². The molecule has 0 saturated heterocycles. The molecule has 2 aromatic heterocycles. The number of rotatable bonds is 4. The van der Waals surface area contributed by atoms with E-state index in [0.717, 1.165) is 0 Å². The van der Waals surface area contributed by atoms with Crippen LogP contribution in [-0.2, 0) is 9.59 Å². The third kappa shape index (κ3) is 3.11. The second kappa shape index (κ2) is 7.54. The number of amides is 2. The van der Waals surface area contributed by atoms with E-state index in [1.165, 1.54) is 40.3 Å². The molecule has 168 valence electrons. The van der Waals surface area contributed by atoms with Gasteiger partial charge in [-0.15, -0.1) is 0 Å². The van der Waals surface area contributed by atoms with E-state index < -0.39 is 11.6 Å². The summed E-state index contributed by atoms with van der Waals surface area (Å²) in [5.74, 6) is -1.62. The summed E-state index contributed by atoms with van der Waals surface area (Å²) in [6, 6.07) is 5.64. The van der Waals surface area contributed by atoms with Crippen LogP contribution in [0.1, 0.15) is 0 Å². The maximum absolute atomic E-state index is 15.4. The summed E-state index contributed by atoms with van der Waals surface area (Å²) in [6.07, 6.45) is 2.75.